The molecule has 0 aliphatic carbocycles. The predicted molar refractivity (Wildman–Crippen MR) is 296 cm³/mol. The third-order valence-corrected chi connectivity index (χ3v) is 14.5. The van der Waals surface area contributed by atoms with E-state index in [4.69, 9.17) is 18.9 Å². The summed E-state index contributed by atoms with van der Waals surface area (Å²) in [5.74, 6) is -1.91. The molecule has 5 aromatic rings. The number of ether oxygens (including phenoxy) is 4. The largest absolute Gasteiger partial charge is 0.491 e. The Morgan fingerprint density at radius 1 is 0.378 bits per heavy atom. The SMILES string of the molecule is CCCCCCCCCCCCCCOc1ccc(C(=O)Sc2ccc(OC(=O)c3cccc(C(=O)Oc4ccc(SC(=O)c5ccc(OCCCCCCCCCCCCCC)c(F)c5)cc4)c3)cc2)cc1F. The van der Waals surface area contributed by atoms with Crippen molar-refractivity contribution in [1.29, 1.82) is 0 Å². The van der Waals surface area contributed by atoms with Gasteiger partial charge in [0.15, 0.2) is 23.1 Å². The molecule has 0 atom stereocenters. The highest BCUT2D eigenvalue weighted by atomic mass is 32.2. The van der Waals surface area contributed by atoms with Crippen molar-refractivity contribution in [3.8, 4) is 23.0 Å². The van der Waals surface area contributed by atoms with E-state index in [-0.39, 0.29) is 55.5 Å². The quantitative estimate of drug-likeness (QED) is 0.0167. The van der Waals surface area contributed by atoms with E-state index in [2.05, 4.69) is 13.8 Å². The van der Waals surface area contributed by atoms with Gasteiger partial charge in [-0.25, -0.2) is 18.4 Å². The summed E-state index contributed by atoms with van der Waals surface area (Å²) in [6.07, 6.45) is 29.6. The van der Waals surface area contributed by atoms with E-state index >= 15 is 0 Å². The van der Waals surface area contributed by atoms with Crippen LogP contribution in [0, 0.1) is 11.6 Å². The summed E-state index contributed by atoms with van der Waals surface area (Å²) in [6.45, 7) is 5.33. The molecule has 0 spiro atoms. The third-order valence-electron chi connectivity index (χ3n) is 12.7. The van der Waals surface area contributed by atoms with Gasteiger partial charge in [-0.1, -0.05) is 161 Å². The van der Waals surface area contributed by atoms with Crippen LogP contribution in [0.15, 0.2) is 119 Å². The molecule has 0 saturated carbocycles. The maximum absolute atomic E-state index is 14.9. The molecule has 398 valence electrons. The number of halogens is 2. The number of rotatable bonds is 36. The molecule has 0 aromatic heterocycles. The zero-order valence-corrected chi connectivity index (χ0v) is 45.2. The average molecular weight is 1050 g/mol. The van der Waals surface area contributed by atoms with Crippen molar-refractivity contribution < 1.29 is 46.9 Å². The lowest BCUT2D eigenvalue weighted by molar-refractivity contribution is 0.0734. The topological polar surface area (TPSA) is 105 Å². The molecular formula is C62H76F2O8S2. The van der Waals surface area contributed by atoms with Gasteiger partial charge in [-0.3, -0.25) is 9.59 Å². The number of benzene rings is 5. The van der Waals surface area contributed by atoms with Gasteiger partial charge in [0.2, 0.25) is 10.2 Å². The third kappa shape index (κ3) is 22.6. The molecule has 74 heavy (non-hydrogen) atoms. The van der Waals surface area contributed by atoms with Crippen molar-refractivity contribution in [2.24, 2.45) is 0 Å². The van der Waals surface area contributed by atoms with Gasteiger partial charge in [0.05, 0.1) is 24.3 Å². The maximum atomic E-state index is 14.9. The number of thioether (sulfide) groups is 2. The zero-order valence-electron chi connectivity index (χ0n) is 43.6. The normalized spacial score (nSPS) is 11.1. The molecular weight excluding hydrogens is 975 g/mol. The molecule has 0 radical (unpaired) electrons. The van der Waals surface area contributed by atoms with Crippen LogP contribution in [0.5, 0.6) is 23.0 Å². The van der Waals surface area contributed by atoms with Crippen LogP contribution in [0.1, 0.15) is 209 Å². The van der Waals surface area contributed by atoms with Gasteiger partial charge < -0.3 is 18.9 Å². The van der Waals surface area contributed by atoms with Crippen LogP contribution in [-0.4, -0.2) is 35.4 Å². The first-order chi connectivity index (χ1) is 36.1. The molecule has 0 saturated heterocycles. The van der Waals surface area contributed by atoms with E-state index in [1.165, 1.54) is 164 Å². The standard InChI is InChI=1S/C62H76F2O8S2/c1-3-5-7-9-11-13-15-17-19-21-23-25-42-69-57-40-30-49(45-55(57)63)61(67)73-53-36-32-51(33-37-53)71-59(65)47-28-27-29-48(44-47)60(66)72-52-34-38-54(39-35-52)74-62(68)50-31-41-58(56(64)46-50)70-43-26-24-22-20-18-16-14-12-10-8-6-4-2/h27-41,44-46H,3-26,42-43H2,1-2H3. The minimum absolute atomic E-state index is 0.109. The highest BCUT2D eigenvalue weighted by molar-refractivity contribution is 8.14. The summed E-state index contributed by atoms with van der Waals surface area (Å²) in [5, 5.41) is -0.703. The van der Waals surface area contributed by atoms with Crippen molar-refractivity contribution in [3.63, 3.8) is 0 Å². The Hall–Kier alpha value is -5.46. The molecule has 8 nitrogen and oxygen atoms in total. The second kappa shape index (κ2) is 34.9. The van der Waals surface area contributed by atoms with Gasteiger partial charge in [0.25, 0.3) is 0 Å². The van der Waals surface area contributed by atoms with Crippen molar-refractivity contribution in [2.45, 2.75) is 178 Å². The maximum Gasteiger partial charge on any atom is 0.343 e. The second-order valence-corrected chi connectivity index (χ2v) is 20.9. The number of unbranched alkanes of at least 4 members (excludes halogenated alkanes) is 22. The fraction of sp³-hybridized carbons (Fsp3) is 0.452. The number of hydrogen-bond acceptors (Lipinski definition) is 10. The van der Waals surface area contributed by atoms with E-state index in [1.54, 1.807) is 60.7 Å². The van der Waals surface area contributed by atoms with Crippen LogP contribution in [0.25, 0.3) is 0 Å². The smallest absolute Gasteiger partial charge is 0.343 e. The average Bonchev–Trinajstić information content (AvgIpc) is 3.40. The summed E-state index contributed by atoms with van der Waals surface area (Å²) >= 11 is 1.83. The highest BCUT2D eigenvalue weighted by Crippen LogP contribution is 2.30. The Kier molecular flexibility index (Phi) is 28.0. The molecule has 0 unspecified atom stereocenters. The fourth-order valence-electron chi connectivity index (χ4n) is 8.33. The summed E-state index contributed by atoms with van der Waals surface area (Å²) in [4.78, 5) is 53.4. The van der Waals surface area contributed by atoms with E-state index in [0.29, 0.717) is 23.0 Å². The molecule has 0 aliphatic heterocycles. The van der Waals surface area contributed by atoms with Crippen molar-refractivity contribution in [2.75, 3.05) is 13.2 Å². The van der Waals surface area contributed by atoms with Gasteiger partial charge in [0, 0.05) is 20.9 Å². The van der Waals surface area contributed by atoms with Gasteiger partial charge in [-0.2, -0.15) is 0 Å². The summed E-state index contributed by atoms with van der Waals surface area (Å²) in [5.41, 5.74) is 0.614. The molecule has 12 heteroatoms. The van der Waals surface area contributed by atoms with E-state index in [1.807, 2.05) is 0 Å². The Morgan fingerprint density at radius 3 is 1.03 bits per heavy atom. The number of carbonyl (C=O) groups excluding carboxylic acids is 4. The molecule has 0 aliphatic rings. The first-order valence-electron chi connectivity index (χ1n) is 27.2. The first kappa shape index (κ1) is 59.4. The Labute approximate surface area is 447 Å². The lowest BCUT2D eigenvalue weighted by atomic mass is 10.1. The van der Waals surface area contributed by atoms with Crippen molar-refractivity contribution >= 4 is 45.7 Å². The number of carbonyl (C=O) groups is 4. The Bertz CT molecular complexity index is 2290. The highest BCUT2D eigenvalue weighted by Gasteiger charge is 2.18. The molecule has 0 amide bonds. The van der Waals surface area contributed by atoms with Gasteiger partial charge in [-0.05, 0) is 139 Å². The molecule has 0 bridgehead atoms. The van der Waals surface area contributed by atoms with Gasteiger partial charge in [-0.15, -0.1) is 0 Å². The van der Waals surface area contributed by atoms with Gasteiger partial charge >= 0.3 is 11.9 Å². The summed E-state index contributed by atoms with van der Waals surface area (Å²) in [6, 6.07) is 27.0. The summed E-state index contributed by atoms with van der Waals surface area (Å²) in [7, 11) is 0. The van der Waals surface area contributed by atoms with Crippen LogP contribution >= 0.6 is 23.5 Å². The number of hydrogen-bond donors (Lipinski definition) is 0. The molecule has 0 N–H and O–H groups in total. The molecule has 5 rings (SSSR count). The second-order valence-electron chi connectivity index (χ2n) is 18.8. The first-order valence-corrected chi connectivity index (χ1v) is 28.8. The molecule has 5 aromatic carbocycles. The van der Waals surface area contributed by atoms with Crippen molar-refractivity contribution in [3.05, 3.63) is 143 Å². The minimum atomic E-state index is -0.712. The van der Waals surface area contributed by atoms with Crippen molar-refractivity contribution in [1.82, 2.24) is 0 Å². The predicted octanol–water partition coefficient (Wildman–Crippen LogP) is 18.4. The fourth-order valence-corrected chi connectivity index (χ4v) is 9.79. The van der Waals surface area contributed by atoms with E-state index in [9.17, 15) is 28.0 Å². The Morgan fingerprint density at radius 2 is 0.703 bits per heavy atom. The lowest BCUT2D eigenvalue weighted by Crippen LogP contribution is -2.12. The monoisotopic (exact) mass is 1050 g/mol. The van der Waals surface area contributed by atoms with E-state index in [0.717, 1.165) is 62.0 Å². The van der Waals surface area contributed by atoms with Crippen LogP contribution < -0.4 is 18.9 Å². The van der Waals surface area contributed by atoms with Crippen LogP contribution in [0.3, 0.4) is 0 Å². The number of esters is 2. The van der Waals surface area contributed by atoms with Crippen LogP contribution in [-0.2, 0) is 0 Å². The lowest BCUT2D eigenvalue weighted by Gasteiger charge is -2.09. The van der Waals surface area contributed by atoms with Gasteiger partial charge in [0.1, 0.15) is 11.5 Å². The summed E-state index contributed by atoms with van der Waals surface area (Å²) < 4.78 is 52.2. The van der Waals surface area contributed by atoms with E-state index < -0.39 is 23.6 Å². The molecule has 0 heterocycles. The minimum Gasteiger partial charge on any atom is -0.491 e. The Balaban J connectivity index is 0.972. The zero-order chi connectivity index (χ0) is 52.6. The van der Waals surface area contributed by atoms with Crippen LogP contribution in [0.4, 0.5) is 8.78 Å². The van der Waals surface area contributed by atoms with Crippen LogP contribution in [0.2, 0.25) is 0 Å². The molecule has 0 fully saturated rings.